The summed E-state index contributed by atoms with van der Waals surface area (Å²) >= 11 is 0. The molecule has 6 rings (SSSR count). The number of piperidine rings is 1. The summed E-state index contributed by atoms with van der Waals surface area (Å²) in [5, 5.41) is 3.59. The third kappa shape index (κ3) is 2.18. The number of fused-ring (bicyclic) bond motifs is 2. The maximum absolute atomic E-state index is 12.7. The first-order valence-corrected chi connectivity index (χ1v) is 9.74. The number of nitrogens with zero attached hydrogens (tertiary/aromatic N) is 3. The topological polar surface area (TPSA) is 49.6 Å². The SMILES string of the molecule is C[C@@H]1CN[C@@H](c2cn3cc(C4CC4)cc(N4CC5CC5C4=O)c3n2)C1. The maximum Gasteiger partial charge on any atom is 0.230 e. The molecule has 25 heavy (non-hydrogen) atoms. The Morgan fingerprint density at radius 1 is 1.24 bits per heavy atom. The number of hydrogen-bond acceptors (Lipinski definition) is 3. The van der Waals surface area contributed by atoms with Gasteiger partial charge in [-0.2, -0.15) is 0 Å². The van der Waals surface area contributed by atoms with Crippen molar-refractivity contribution in [3.05, 3.63) is 29.7 Å². The van der Waals surface area contributed by atoms with Crippen molar-refractivity contribution in [1.29, 1.82) is 0 Å². The number of hydrogen-bond donors (Lipinski definition) is 1. The minimum absolute atomic E-state index is 0.288. The van der Waals surface area contributed by atoms with Crippen LogP contribution in [0.2, 0.25) is 0 Å². The highest BCUT2D eigenvalue weighted by molar-refractivity contribution is 6.02. The number of nitrogens with one attached hydrogen (secondary N) is 1. The Morgan fingerprint density at radius 3 is 2.80 bits per heavy atom. The summed E-state index contributed by atoms with van der Waals surface area (Å²) in [6, 6.07) is 2.59. The summed E-state index contributed by atoms with van der Waals surface area (Å²) in [5.41, 5.74) is 4.48. The molecule has 2 aliphatic heterocycles. The van der Waals surface area contributed by atoms with Gasteiger partial charge in [-0.05, 0) is 61.6 Å². The number of aromatic nitrogens is 2. The van der Waals surface area contributed by atoms with E-state index in [1.54, 1.807) is 0 Å². The van der Waals surface area contributed by atoms with Crippen LogP contribution in [0.3, 0.4) is 0 Å². The molecule has 4 atom stereocenters. The molecule has 2 saturated heterocycles. The minimum atomic E-state index is 0.288. The molecule has 2 aromatic heterocycles. The fraction of sp³-hybridized carbons (Fsp3) is 0.600. The van der Waals surface area contributed by atoms with Crippen LogP contribution in [0.5, 0.6) is 0 Å². The normalized spacial score (nSPS) is 34.1. The number of carbonyl (C=O) groups is 1. The highest BCUT2D eigenvalue weighted by atomic mass is 16.2. The molecule has 130 valence electrons. The Balaban J connectivity index is 1.46. The monoisotopic (exact) mass is 336 g/mol. The van der Waals surface area contributed by atoms with Gasteiger partial charge in [-0.25, -0.2) is 4.98 Å². The van der Waals surface area contributed by atoms with Crippen LogP contribution in [0, 0.1) is 17.8 Å². The lowest BCUT2D eigenvalue weighted by molar-refractivity contribution is -0.118. The number of amides is 1. The molecule has 2 saturated carbocycles. The molecule has 0 aromatic carbocycles. The van der Waals surface area contributed by atoms with Crippen LogP contribution in [0.25, 0.3) is 5.65 Å². The van der Waals surface area contributed by atoms with E-state index in [0.29, 0.717) is 29.7 Å². The van der Waals surface area contributed by atoms with Gasteiger partial charge in [0, 0.05) is 24.9 Å². The highest BCUT2D eigenvalue weighted by Gasteiger charge is 2.53. The van der Waals surface area contributed by atoms with E-state index in [4.69, 9.17) is 4.98 Å². The first-order valence-electron chi connectivity index (χ1n) is 9.74. The summed E-state index contributed by atoms with van der Waals surface area (Å²) in [4.78, 5) is 19.7. The Kier molecular flexibility index (Phi) is 2.77. The van der Waals surface area contributed by atoms with E-state index in [1.165, 1.54) is 18.4 Å². The fourth-order valence-electron chi connectivity index (χ4n) is 4.76. The van der Waals surface area contributed by atoms with Crippen LogP contribution in [-0.2, 0) is 4.79 Å². The molecular formula is C20H24N4O. The van der Waals surface area contributed by atoms with Gasteiger partial charge in [0.15, 0.2) is 5.65 Å². The van der Waals surface area contributed by atoms with E-state index in [0.717, 1.165) is 43.0 Å². The molecule has 0 bridgehead atoms. The second-order valence-corrected chi connectivity index (χ2v) is 8.68. The molecule has 1 amide bonds. The predicted octanol–water partition coefficient (Wildman–Crippen LogP) is 2.86. The van der Waals surface area contributed by atoms with Crippen molar-refractivity contribution in [3.63, 3.8) is 0 Å². The Hall–Kier alpha value is -1.88. The Labute approximate surface area is 147 Å². The van der Waals surface area contributed by atoms with Crippen LogP contribution < -0.4 is 10.2 Å². The van der Waals surface area contributed by atoms with Crippen molar-refractivity contribution in [3.8, 4) is 0 Å². The van der Waals surface area contributed by atoms with Gasteiger partial charge < -0.3 is 14.6 Å². The Morgan fingerprint density at radius 2 is 2.12 bits per heavy atom. The largest absolute Gasteiger partial charge is 0.308 e. The van der Waals surface area contributed by atoms with Crippen LogP contribution in [0.1, 0.15) is 55.8 Å². The van der Waals surface area contributed by atoms with E-state index in [2.05, 4.69) is 35.1 Å². The van der Waals surface area contributed by atoms with E-state index in [9.17, 15) is 4.79 Å². The summed E-state index contributed by atoms with van der Waals surface area (Å²) in [6.07, 6.45) is 9.20. The number of carbonyl (C=O) groups excluding carboxylic acids is 1. The lowest BCUT2D eigenvalue weighted by Gasteiger charge is -2.20. The summed E-state index contributed by atoms with van der Waals surface area (Å²) < 4.78 is 2.18. The maximum atomic E-state index is 12.7. The predicted molar refractivity (Wildman–Crippen MR) is 95.6 cm³/mol. The van der Waals surface area contributed by atoms with Gasteiger partial charge in [-0.15, -0.1) is 0 Å². The summed E-state index contributed by atoms with van der Waals surface area (Å²) in [7, 11) is 0. The lowest BCUT2D eigenvalue weighted by atomic mass is 10.1. The molecule has 5 nitrogen and oxygen atoms in total. The molecule has 2 unspecified atom stereocenters. The first-order chi connectivity index (χ1) is 12.2. The number of pyridine rings is 1. The van der Waals surface area contributed by atoms with Gasteiger partial charge in [0.2, 0.25) is 5.91 Å². The molecule has 5 heteroatoms. The second kappa shape index (κ2) is 4.85. The fourth-order valence-corrected chi connectivity index (χ4v) is 4.76. The van der Waals surface area contributed by atoms with Crippen molar-refractivity contribution in [2.45, 2.75) is 44.6 Å². The molecule has 2 aliphatic carbocycles. The van der Waals surface area contributed by atoms with Crippen LogP contribution in [0.4, 0.5) is 5.69 Å². The van der Waals surface area contributed by atoms with E-state index >= 15 is 0 Å². The van der Waals surface area contributed by atoms with Gasteiger partial charge in [-0.3, -0.25) is 4.79 Å². The average Bonchev–Trinajstić information content (AvgIpc) is 3.48. The number of anilines is 1. The van der Waals surface area contributed by atoms with Crippen molar-refractivity contribution in [1.82, 2.24) is 14.7 Å². The average molecular weight is 336 g/mol. The molecule has 4 aliphatic rings. The zero-order valence-electron chi connectivity index (χ0n) is 14.6. The quantitative estimate of drug-likeness (QED) is 0.938. The second-order valence-electron chi connectivity index (χ2n) is 8.68. The van der Waals surface area contributed by atoms with Gasteiger partial charge in [0.25, 0.3) is 0 Å². The smallest absolute Gasteiger partial charge is 0.230 e. The van der Waals surface area contributed by atoms with Crippen molar-refractivity contribution < 1.29 is 4.79 Å². The van der Waals surface area contributed by atoms with Crippen molar-refractivity contribution >= 4 is 17.2 Å². The zero-order chi connectivity index (χ0) is 16.7. The molecule has 2 aromatic rings. The van der Waals surface area contributed by atoms with E-state index in [-0.39, 0.29) is 5.92 Å². The molecule has 0 spiro atoms. The highest BCUT2D eigenvalue weighted by Crippen LogP contribution is 2.49. The van der Waals surface area contributed by atoms with Crippen LogP contribution >= 0.6 is 0 Å². The van der Waals surface area contributed by atoms with E-state index < -0.39 is 0 Å². The van der Waals surface area contributed by atoms with Gasteiger partial charge in [0.05, 0.1) is 17.4 Å². The van der Waals surface area contributed by atoms with E-state index in [1.807, 2.05) is 4.90 Å². The lowest BCUT2D eigenvalue weighted by Crippen LogP contribution is -2.28. The zero-order valence-corrected chi connectivity index (χ0v) is 14.6. The third-order valence-electron chi connectivity index (χ3n) is 6.54. The number of imidazole rings is 1. The number of rotatable bonds is 3. The first kappa shape index (κ1) is 14.3. The van der Waals surface area contributed by atoms with Gasteiger partial charge in [-0.1, -0.05) is 6.92 Å². The molecular weight excluding hydrogens is 312 g/mol. The molecule has 4 heterocycles. The van der Waals surface area contributed by atoms with Crippen molar-refractivity contribution in [2.24, 2.45) is 17.8 Å². The standard InChI is InChI=1S/C20H24N4O/c1-11-4-16(21-7-11)17-10-23-8-13(12-2-3-12)6-18(19(23)22-17)24-9-14-5-15(14)20(24)25/h6,8,10-12,14-16,21H,2-5,7,9H2,1H3/t11-,14?,15?,16+/m0/s1. The molecule has 1 N–H and O–H groups in total. The minimum Gasteiger partial charge on any atom is -0.308 e. The third-order valence-corrected chi connectivity index (χ3v) is 6.54. The summed E-state index contributed by atoms with van der Waals surface area (Å²) in [5.74, 6) is 2.56. The van der Waals surface area contributed by atoms with Gasteiger partial charge >= 0.3 is 0 Å². The summed E-state index contributed by atoms with van der Waals surface area (Å²) in [6.45, 7) is 4.23. The van der Waals surface area contributed by atoms with Gasteiger partial charge in [0.1, 0.15) is 0 Å². The van der Waals surface area contributed by atoms with Crippen molar-refractivity contribution in [2.75, 3.05) is 18.0 Å². The Bertz CT molecular complexity index is 883. The van der Waals surface area contributed by atoms with Crippen LogP contribution in [0.15, 0.2) is 18.5 Å². The molecule has 4 fully saturated rings. The molecule has 0 radical (unpaired) electrons. The van der Waals surface area contributed by atoms with Crippen LogP contribution in [-0.4, -0.2) is 28.4 Å².